The van der Waals surface area contributed by atoms with Crippen molar-refractivity contribution in [1.82, 2.24) is 14.7 Å². The second-order valence-corrected chi connectivity index (χ2v) is 5.92. The van der Waals surface area contributed by atoms with Gasteiger partial charge in [0.05, 0.1) is 16.9 Å². The molecule has 1 aromatic carbocycles. The Morgan fingerprint density at radius 3 is 2.48 bits per heavy atom. The Morgan fingerprint density at radius 1 is 1.19 bits per heavy atom. The number of nitrogens with zero attached hydrogens (tertiary/aromatic N) is 3. The molecule has 142 valence electrons. The number of hydrogen-bond donors (Lipinski definition) is 1. The quantitative estimate of drug-likeness (QED) is 0.808. The Kier molecular flexibility index (Phi) is 4.98. The molecule has 1 aliphatic heterocycles. The van der Waals surface area contributed by atoms with Crippen molar-refractivity contribution >= 4 is 23.4 Å². The van der Waals surface area contributed by atoms with Crippen LogP contribution in [0.15, 0.2) is 36.7 Å². The molecule has 2 heterocycles. The Morgan fingerprint density at radius 2 is 1.89 bits per heavy atom. The highest BCUT2D eigenvalue weighted by Crippen LogP contribution is 2.33. The van der Waals surface area contributed by atoms with E-state index in [1.807, 2.05) is 0 Å². The number of nitrogens with one attached hydrogen (secondary N) is 1. The van der Waals surface area contributed by atoms with Gasteiger partial charge in [0.15, 0.2) is 0 Å². The summed E-state index contributed by atoms with van der Waals surface area (Å²) in [6.07, 6.45) is -1.59. The Hall–Kier alpha value is -3.17. The van der Waals surface area contributed by atoms with E-state index in [9.17, 15) is 27.6 Å². The number of likely N-dealkylation sites (tertiary alicyclic amines) is 1. The van der Waals surface area contributed by atoms with E-state index in [1.54, 1.807) is 6.07 Å². The highest BCUT2D eigenvalue weighted by molar-refractivity contribution is 6.02. The zero-order valence-corrected chi connectivity index (χ0v) is 14.0. The topological polar surface area (TPSA) is 84.3 Å². The number of hydrogen-bond acceptors (Lipinski definition) is 4. The van der Waals surface area contributed by atoms with Gasteiger partial charge in [0.1, 0.15) is 0 Å². The molecule has 0 spiro atoms. The molecule has 0 aliphatic carbocycles. The first-order valence-corrected chi connectivity index (χ1v) is 8.10. The minimum atomic E-state index is -4.57. The molecule has 1 aliphatic rings. The SMILES string of the molecule is O=C(CCN1C(=O)CCC1=O)Nc1cc(C(F)(F)F)ccc1-n1cccn1. The van der Waals surface area contributed by atoms with Crippen LogP contribution in [0.3, 0.4) is 0 Å². The van der Waals surface area contributed by atoms with Crippen LogP contribution < -0.4 is 5.32 Å². The Balaban J connectivity index is 1.78. The van der Waals surface area contributed by atoms with Gasteiger partial charge in [0.2, 0.25) is 17.7 Å². The summed E-state index contributed by atoms with van der Waals surface area (Å²) >= 11 is 0. The third-order valence-electron chi connectivity index (χ3n) is 4.07. The zero-order valence-electron chi connectivity index (χ0n) is 14.0. The number of halogens is 3. The van der Waals surface area contributed by atoms with Crippen LogP contribution in [0.4, 0.5) is 18.9 Å². The van der Waals surface area contributed by atoms with Crippen LogP contribution in [0.2, 0.25) is 0 Å². The second kappa shape index (κ2) is 7.22. The summed E-state index contributed by atoms with van der Waals surface area (Å²) in [6.45, 7) is -0.112. The molecule has 1 N–H and O–H groups in total. The van der Waals surface area contributed by atoms with E-state index in [-0.39, 0.29) is 49.0 Å². The number of alkyl halides is 3. The normalized spacial score (nSPS) is 14.7. The van der Waals surface area contributed by atoms with Gasteiger partial charge >= 0.3 is 6.18 Å². The van der Waals surface area contributed by atoms with E-state index >= 15 is 0 Å². The first-order valence-electron chi connectivity index (χ1n) is 8.10. The molecule has 1 saturated heterocycles. The summed E-state index contributed by atoms with van der Waals surface area (Å²) < 4.78 is 40.3. The molecule has 10 heteroatoms. The second-order valence-electron chi connectivity index (χ2n) is 5.92. The van der Waals surface area contributed by atoms with Gasteiger partial charge in [-0.3, -0.25) is 19.3 Å². The predicted molar refractivity (Wildman–Crippen MR) is 87.8 cm³/mol. The number of carbonyl (C=O) groups is 3. The third kappa shape index (κ3) is 4.15. The van der Waals surface area contributed by atoms with Gasteiger partial charge in [-0.1, -0.05) is 0 Å². The number of anilines is 1. The molecule has 1 aromatic heterocycles. The van der Waals surface area contributed by atoms with Crippen molar-refractivity contribution in [2.24, 2.45) is 0 Å². The zero-order chi connectivity index (χ0) is 19.6. The van der Waals surface area contributed by atoms with Crippen molar-refractivity contribution in [3.05, 3.63) is 42.2 Å². The summed E-state index contributed by atoms with van der Waals surface area (Å²) in [6, 6.07) is 4.52. The fourth-order valence-corrected chi connectivity index (χ4v) is 2.72. The molecule has 27 heavy (non-hydrogen) atoms. The van der Waals surface area contributed by atoms with Gasteiger partial charge in [0.25, 0.3) is 0 Å². The highest BCUT2D eigenvalue weighted by atomic mass is 19.4. The summed E-state index contributed by atoms with van der Waals surface area (Å²) in [5.74, 6) is -1.33. The van der Waals surface area contributed by atoms with Crippen molar-refractivity contribution in [3.8, 4) is 5.69 Å². The molecule has 1 fully saturated rings. The number of aromatic nitrogens is 2. The van der Waals surface area contributed by atoms with E-state index < -0.39 is 17.6 Å². The van der Waals surface area contributed by atoms with Crippen molar-refractivity contribution in [2.45, 2.75) is 25.4 Å². The number of imide groups is 1. The lowest BCUT2D eigenvalue weighted by Crippen LogP contribution is -2.32. The molecule has 7 nitrogen and oxygen atoms in total. The fourth-order valence-electron chi connectivity index (χ4n) is 2.72. The van der Waals surface area contributed by atoms with E-state index in [0.29, 0.717) is 0 Å². The molecule has 2 aromatic rings. The standard InChI is InChI=1S/C17H15F3N4O3/c18-17(19,20)11-2-3-13(24-8-1-7-21-24)12(10-11)22-14(25)6-9-23-15(26)4-5-16(23)27/h1-3,7-8,10H,4-6,9H2,(H,22,25). The summed E-state index contributed by atoms with van der Waals surface area (Å²) in [7, 11) is 0. The molecule has 3 amide bonds. The predicted octanol–water partition coefficient (Wildman–Crippen LogP) is 2.37. The first-order chi connectivity index (χ1) is 12.8. The first kappa shape index (κ1) is 18.6. The van der Waals surface area contributed by atoms with E-state index in [0.717, 1.165) is 17.0 Å². The molecule has 3 rings (SSSR count). The van der Waals surface area contributed by atoms with Gasteiger partial charge in [-0.05, 0) is 24.3 Å². The Labute approximate surface area is 151 Å². The van der Waals surface area contributed by atoms with Gasteiger partial charge in [-0.2, -0.15) is 18.3 Å². The van der Waals surface area contributed by atoms with Crippen LogP contribution in [0.1, 0.15) is 24.8 Å². The van der Waals surface area contributed by atoms with Gasteiger partial charge in [-0.15, -0.1) is 0 Å². The summed E-state index contributed by atoms with van der Waals surface area (Å²) in [5.41, 5.74) is -0.731. The molecular formula is C17H15F3N4O3. The monoisotopic (exact) mass is 380 g/mol. The summed E-state index contributed by atoms with van der Waals surface area (Å²) in [5, 5.41) is 6.38. The Bertz CT molecular complexity index is 862. The molecule has 0 radical (unpaired) electrons. The number of amides is 3. The average molecular weight is 380 g/mol. The number of benzene rings is 1. The lowest BCUT2D eigenvalue weighted by atomic mass is 10.1. The molecular weight excluding hydrogens is 365 g/mol. The maximum absolute atomic E-state index is 13.0. The van der Waals surface area contributed by atoms with Crippen LogP contribution in [0.5, 0.6) is 0 Å². The summed E-state index contributed by atoms with van der Waals surface area (Å²) in [4.78, 5) is 36.3. The van der Waals surface area contributed by atoms with Crippen molar-refractivity contribution in [2.75, 3.05) is 11.9 Å². The van der Waals surface area contributed by atoms with Gasteiger partial charge < -0.3 is 5.32 Å². The van der Waals surface area contributed by atoms with E-state index in [4.69, 9.17) is 0 Å². The minimum Gasteiger partial charge on any atom is -0.324 e. The minimum absolute atomic E-state index is 0.0717. The molecule has 0 unspecified atom stereocenters. The van der Waals surface area contributed by atoms with E-state index in [2.05, 4.69) is 10.4 Å². The van der Waals surface area contributed by atoms with Crippen LogP contribution >= 0.6 is 0 Å². The molecule has 0 atom stereocenters. The number of rotatable bonds is 5. The highest BCUT2D eigenvalue weighted by Gasteiger charge is 2.32. The third-order valence-corrected chi connectivity index (χ3v) is 4.07. The lowest BCUT2D eigenvalue weighted by Gasteiger charge is -2.16. The van der Waals surface area contributed by atoms with Gasteiger partial charge in [-0.25, -0.2) is 4.68 Å². The molecule has 0 bridgehead atoms. The van der Waals surface area contributed by atoms with Crippen LogP contribution in [-0.4, -0.2) is 38.9 Å². The van der Waals surface area contributed by atoms with Crippen LogP contribution in [0, 0.1) is 0 Å². The maximum atomic E-state index is 13.0. The van der Waals surface area contributed by atoms with Crippen LogP contribution in [0.25, 0.3) is 5.69 Å². The largest absolute Gasteiger partial charge is 0.416 e. The average Bonchev–Trinajstić information content (AvgIpc) is 3.23. The lowest BCUT2D eigenvalue weighted by molar-refractivity contribution is -0.139. The van der Waals surface area contributed by atoms with E-state index in [1.165, 1.54) is 23.1 Å². The number of carbonyl (C=O) groups excluding carboxylic acids is 3. The van der Waals surface area contributed by atoms with Crippen LogP contribution in [-0.2, 0) is 20.6 Å². The van der Waals surface area contributed by atoms with Gasteiger partial charge in [0, 0.05) is 38.2 Å². The van der Waals surface area contributed by atoms with Crippen molar-refractivity contribution in [1.29, 1.82) is 0 Å². The molecule has 0 saturated carbocycles. The maximum Gasteiger partial charge on any atom is 0.416 e. The smallest absolute Gasteiger partial charge is 0.324 e. The fraction of sp³-hybridized carbons (Fsp3) is 0.294. The van der Waals surface area contributed by atoms with Crippen molar-refractivity contribution < 1.29 is 27.6 Å². The van der Waals surface area contributed by atoms with Crippen molar-refractivity contribution in [3.63, 3.8) is 0 Å².